The minimum Gasteiger partial charge on any atom is -0.595 e. The molecule has 0 aliphatic heterocycles. The third kappa shape index (κ3) is 4.62. The lowest BCUT2D eigenvalue weighted by Gasteiger charge is -2.11. The van der Waals surface area contributed by atoms with Gasteiger partial charge in [-0.1, -0.05) is 0 Å². The van der Waals surface area contributed by atoms with Gasteiger partial charge in [0, 0.05) is 23.1 Å². The van der Waals surface area contributed by atoms with Crippen LogP contribution in [0, 0.1) is 5.21 Å². The SMILES string of the molecule is CCOC(=O)c1c(-c2ccc(OC)cc2)oc2ccc(OC(=O)c3ccc([NH+]([O-])O)cc3)cc12. The summed E-state index contributed by atoms with van der Waals surface area (Å²) in [6, 6.07) is 17.1. The monoisotopic (exact) mass is 463 g/mol. The minimum absolute atomic E-state index is 0.0570. The van der Waals surface area contributed by atoms with E-state index in [1.165, 1.54) is 30.3 Å². The fourth-order valence-corrected chi connectivity index (χ4v) is 3.41. The van der Waals surface area contributed by atoms with E-state index in [1.807, 2.05) is 0 Å². The molecule has 1 heterocycles. The van der Waals surface area contributed by atoms with E-state index in [0.717, 1.165) is 0 Å². The van der Waals surface area contributed by atoms with Crippen LogP contribution < -0.4 is 14.7 Å². The van der Waals surface area contributed by atoms with Gasteiger partial charge in [-0.2, -0.15) is 5.23 Å². The Morgan fingerprint density at radius 2 is 1.65 bits per heavy atom. The van der Waals surface area contributed by atoms with Crippen molar-refractivity contribution in [2.75, 3.05) is 13.7 Å². The first-order valence-electron chi connectivity index (χ1n) is 10.3. The van der Waals surface area contributed by atoms with E-state index in [-0.39, 0.29) is 29.2 Å². The molecule has 0 fully saturated rings. The van der Waals surface area contributed by atoms with Crippen molar-refractivity contribution in [3.63, 3.8) is 0 Å². The second-order valence-electron chi connectivity index (χ2n) is 7.19. The fourth-order valence-electron chi connectivity index (χ4n) is 3.41. The molecule has 0 bridgehead atoms. The van der Waals surface area contributed by atoms with Crippen molar-refractivity contribution in [2.24, 2.45) is 0 Å². The van der Waals surface area contributed by atoms with E-state index >= 15 is 0 Å². The van der Waals surface area contributed by atoms with Crippen LogP contribution in [0.15, 0.2) is 71.1 Å². The molecule has 9 heteroatoms. The fraction of sp³-hybridized carbons (Fsp3) is 0.120. The maximum absolute atomic E-state index is 12.8. The highest BCUT2D eigenvalue weighted by atomic mass is 16.8. The molecule has 4 aromatic rings. The van der Waals surface area contributed by atoms with Crippen LogP contribution in [0.5, 0.6) is 11.5 Å². The minimum atomic E-state index is -1.09. The summed E-state index contributed by atoms with van der Waals surface area (Å²) in [5, 5.41) is 19.3. The van der Waals surface area contributed by atoms with Gasteiger partial charge in [0.15, 0.2) is 5.69 Å². The predicted molar refractivity (Wildman–Crippen MR) is 121 cm³/mol. The van der Waals surface area contributed by atoms with Crippen molar-refractivity contribution < 1.29 is 38.7 Å². The Morgan fingerprint density at radius 3 is 2.26 bits per heavy atom. The second-order valence-corrected chi connectivity index (χ2v) is 7.19. The number of fused-ring (bicyclic) bond motifs is 1. The van der Waals surface area contributed by atoms with Crippen LogP contribution in [-0.4, -0.2) is 30.9 Å². The molecule has 1 unspecified atom stereocenters. The molecule has 0 aliphatic rings. The van der Waals surface area contributed by atoms with Gasteiger partial charge >= 0.3 is 11.9 Å². The summed E-state index contributed by atoms with van der Waals surface area (Å²) >= 11 is 0. The molecule has 0 aliphatic carbocycles. The summed E-state index contributed by atoms with van der Waals surface area (Å²) in [5.41, 5.74) is 1.52. The first-order valence-corrected chi connectivity index (χ1v) is 10.3. The Kier molecular flexibility index (Phi) is 6.60. The molecule has 1 atom stereocenters. The number of rotatable bonds is 7. The zero-order valence-corrected chi connectivity index (χ0v) is 18.4. The molecule has 174 valence electrons. The van der Waals surface area contributed by atoms with Crippen LogP contribution >= 0.6 is 0 Å². The van der Waals surface area contributed by atoms with Crippen LogP contribution in [0.4, 0.5) is 5.69 Å². The summed E-state index contributed by atoms with van der Waals surface area (Å²) in [4.78, 5) is 25.4. The number of ether oxygens (including phenoxy) is 3. The largest absolute Gasteiger partial charge is 0.595 e. The van der Waals surface area contributed by atoms with Gasteiger partial charge in [-0.25, -0.2) is 14.8 Å². The first kappa shape index (κ1) is 23.0. The number of hydrogen-bond donors (Lipinski definition) is 2. The van der Waals surface area contributed by atoms with Gasteiger partial charge < -0.3 is 23.8 Å². The number of furan rings is 1. The van der Waals surface area contributed by atoms with E-state index < -0.39 is 17.2 Å². The molecule has 0 saturated heterocycles. The lowest BCUT2D eigenvalue weighted by molar-refractivity contribution is -0.991. The van der Waals surface area contributed by atoms with Gasteiger partial charge in [-0.3, -0.25) is 0 Å². The normalized spacial score (nSPS) is 11.8. The lowest BCUT2D eigenvalue weighted by atomic mass is 10.1. The number of hydrogen-bond acceptors (Lipinski definition) is 8. The summed E-state index contributed by atoms with van der Waals surface area (Å²) < 4.78 is 21.9. The molecule has 1 aromatic heterocycles. The van der Waals surface area contributed by atoms with Crippen molar-refractivity contribution in [1.29, 1.82) is 0 Å². The maximum atomic E-state index is 12.8. The number of methoxy groups -OCH3 is 1. The molecule has 4 rings (SSSR count). The average molecular weight is 463 g/mol. The summed E-state index contributed by atoms with van der Waals surface area (Å²) in [7, 11) is 1.56. The highest BCUT2D eigenvalue weighted by molar-refractivity contribution is 6.09. The van der Waals surface area contributed by atoms with E-state index in [9.17, 15) is 14.8 Å². The average Bonchev–Trinajstić information content (AvgIpc) is 3.23. The third-order valence-electron chi connectivity index (χ3n) is 5.07. The van der Waals surface area contributed by atoms with Crippen molar-refractivity contribution >= 4 is 28.6 Å². The van der Waals surface area contributed by atoms with E-state index in [1.54, 1.807) is 50.4 Å². The van der Waals surface area contributed by atoms with Crippen molar-refractivity contribution in [1.82, 2.24) is 0 Å². The zero-order valence-electron chi connectivity index (χ0n) is 18.4. The van der Waals surface area contributed by atoms with Gasteiger partial charge in [0.1, 0.15) is 28.4 Å². The van der Waals surface area contributed by atoms with Crippen molar-refractivity contribution in [2.45, 2.75) is 6.92 Å². The van der Waals surface area contributed by atoms with Gasteiger partial charge in [0.25, 0.3) is 0 Å². The van der Waals surface area contributed by atoms with Crippen molar-refractivity contribution in [3.05, 3.63) is 83.1 Å². The lowest BCUT2D eigenvalue weighted by Crippen LogP contribution is -2.99. The Labute approximate surface area is 194 Å². The number of quaternary nitrogens is 1. The Balaban J connectivity index is 1.70. The van der Waals surface area contributed by atoms with Crippen LogP contribution in [0.25, 0.3) is 22.3 Å². The smallest absolute Gasteiger partial charge is 0.343 e. The van der Waals surface area contributed by atoms with E-state index in [0.29, 0.717) is 28.0 Å². The van der Waals surface area contributed by atoms with Gasteiger partial charge in [-0.15, -0.1) is 0 Å². The molecular formula is C25H21NO8. The van der Waals surface area contributed by atoms with Crippen LogP contribution in [0.1, 0.15) is 27.6 Å². The molecule has 2 N–H and O–H groups in total. The predicted octanol–water partition coefficient (Wildman–Crippen LogP) is 3.91. The van der Waals surface area contributed by atoms with Gasteiger partial charge in [-0.05, 0) is 61.5 Å². The number of esters is 2. The standard InChI is InChI=1S/C25H21NO8/c1-3-32-25(28)22-20-14-19(33-24(27)16-4-8-17(9-5-16)26(29)30)12-13-21(20)34-23(22)15-6-10-18(31-2)11-7-15/h4-14,26,29H,3H2,1-2H3. The molecule has 3 aromatic carbocycles. The number of carbonyl (C=O) groups is 2. The quantitative estimate of drug-likeness (QED) is 0.240. The Bertz CT molecular complexity index is 1320. The molecule has 34 heavy (non-hydrogen) atoms. The summed E-state index contributed by atoms with van der Waals surface area (Å²) in [6.07, 6.45) is 0. The van der Waals surface area contributed by atoms with Crippen molar-refractivity contribution in [3.8, 4) is 22.8 Å². The molecule has 0 spiro atoms. The second kappa shape index (κ2) is 9.75. The molecule has 0 saturated carbocycles. The maximum Gasteiger partial charge on any atom is 0.343 e. The van der Waals surface area contributed by atoms with E-state index in [4.69, 9.17) is 23.8 Å². The highest BCUT2D eigenvalue weighted by Gasteiger charge is 2.24. The topological polar surface area (TPSA) is 123 Å². The zero-order chi connectivity index (χ0) is 24.2. The summed E-state index contributed by atoms with van der Waals surface area (Å²) in [5.74, 6) is -0.0768. The molecule has 9 nitrogen and oxygen atoms in total. The summed E-state index contributed by atoms with van der Waals surface area (Å²) in [6.45, 7) is 1.88. The van der Waals surface area contributed by atoms with Gasteiger partial charge in [0.05, 0.1) is 19.3 Å². The van der Waals surface area contributed by atoms with Gasteiger partial charge in [0.2, 0.25) is 0 Å². The highest BCUT2D eigenvalue weighted by Crippen LogP contribution is 2.36. The van der Waals surface area contributed by atoms with Crippen LogP contribution in [0.2, 0.25) is 0 Å². The first-order chi connectivity index (χ1) is 16.4. The third-order valence-corrected chi connectivity index (χ3v) is 5.07. The number of nitrogens with one attached hydrogen (secondary N) is 1. The Morgan fingerprint density at radius 1 is 0.971 bits per heavy atom. The number of benzene rings is 3. The van der Waals surface area contributed by atoms with Crippen LogP contribution in [0.3, 0.4) is 0 Å². The molecular weight excluding hydrogens is 442 g/mol. The van der Waals surface area contributed by atoms with E-state index in [2.05, 4.69) is 0 Å². The Hall–Kier alpha value is -4.18. The molecule has 0 radical (unpaired) electrons. The molecule has 0 amide bonds. The number of carbonyl (C=O) groups excluding carboxylic acids is 2. The van der Waals surface area contributed by atoms with Crippen LogP contribution in [-0.2, 0) is 4.74 Å².